The second kappa shape index (κ2) is 4.93. The number of rotatable bonds is 2. The van der Waals surface area contributed by atoms with Crippen LogP contribution < -0.4 is 0 Å². The summed E-state index contributed by atoms with van der Waals surface area (Å²) in [5.41, 5.74) is 1.41. The Bertz CT molecular complexity index is 551. The van der Waals surface area contributed by atoms with Crippen molar-refractivity contribution in [1.29, 1.82) is 0 Å². The maximum atomic E-state index is 11.5. The van der Waals surface area contributed by atoms with Gasteiger partial charge in [0.15, 0.2) is 0 Å². The largest absolute Gasteiger partial charge is 0.465 e. The lowest BCUT2D eigenvalue weighted by atomic mass is 10.3. The zero-order chi connectivity index (χ0) is 12.4. The van der Waals surface area contributed by atoms with Crippen LogP contribution in [0, 0.1) is 6.92 Å². The number of ether oxygens (including phenoxy) is 1. The number of carbonyl (C=O) groups is 1. The van der Waals surface area contributed by atoms with E-state index < -0.39 is 0 Å². The molecular formula is C11H9BrN2O2S. The molecule has 0 unspecified atom stereocenters. The van der Waals surface area contributed by atoms with Crippen molar-refractivity contribution < 1.29 is 9.53 Å². The van der Waals surface area contributed by atoms with Crippen LogP contribution in [0.3, 0.4) is 0 Å². The number of aromatic nitrogens is 2. The standard InChI is InChI=1S/C11H9BrN2O2S/c1-6-9(11(15)16-2)17-10(14-6)8-4-3-7(12)5-13-8/h3-5H,1-2H3. The third-order valence-corrected chi connectivity index (χ3v) is 3.74. The first-order chi connectivity index (χ1) is 8.11. The van der Waals surface area contributed by atoms with Gasteiger partial charge in [0.25, 0.3) is 0 Å². The normalized spacial score (nSPS) is 10.3. The van der Waals surface area contributed by atoms with Crippen molar-refractivity contribution in [2.45, 2.75) is 6.92 Å². The molecule has 0 saturated carbocycles. The molecule has 0 radical (unpaired) electrons. The van der Waals surface area contributed by atoms with Crippen LogP contribution in [0.2, 0.25) is 0 Å². The summed E-state index contributed by atoms with van der Waals surface area (Å²) in [4.78, 5) is 20.5. The highest BCUT2D eigenvalue weighted by molar-refractivity contribution is 9.10. The summed E-state index contributed by atoms with van der Waals surface area (Å²) in [7, 11) is 1.36. The third kappa shape index (κ3) is 2.53. The number of nitrogens with zero attached hydrogens (tertiary/aromatic N) is 2. The van der Waals surface area contributed by atoms with E-state index in [1.54, 1.807) is 13.1 Å². The first-order valence-electron chi connectivity index (χ1n) is 4.79. The van der Waals surface area contributed by atoms with E-state index in [4.69, 9.17) is 0 Å². The highest BCUT2D eigenvalue weighted by atomic mass is 79.9. The monoisotopic (exact) mass is 312 g/mol. The number of carbonyl (C=O) groups excluding carboxylic acids is 1. The van der Waals surface area contributed by atoms with Crippen molar-refractivity contribution in [3.8, 4) is 10.7 Å². The van der Waals surface area contributed by atoms with Gasteiger partial charge in [-0.25, -0.2) is 9.78 Å². The summed E-state index contributed by atoms with van der Waals surface area (Å²) < 4.78 is 5.59. The Kier molecular flexibility index (Phi) is 3.54. The van der Waals surface area contributed by atoms with E-state index in [-0.39, 0.29) is 5.97 Å². The molecule has 0 aliphatic heterocycles. The minimum atomic E-state index is -0.358. The van der Waals surface area contributed by atoms with Crippen LogP contribution in [-0.4, -0.2) is 23.0 Å². The predicted octanol–water partition coefficient (Wildman–Crippen LogP) is 3.06. The number of methoxy groups -OCH3 is 1. The SMILES string of the molecule is COC(=O)c1sc(-c2ccc(Br)cn2)nc1C. The van der Waals surface area contributed by atoms with Gasteiger partial charge in [-0.1, -0.05) is 0 Å². The van der Waals surface area contributed by atoms with E-state index in [9.17, 15) is 4.79 Å². The molecule has 0 amide bonds. The molecule has 2 rings (SSSR count). The summed E-state index contributed by atoms with van der Waals surface area (Å²) in [6, 6.07) is 3.74. The van der Waals surface area contributed by atoms with Crippen LogP contribution in [0.5, 0.6) is 0 Å². The van der Waals surface area contributed by atoms with Gasteiger partial charge in [-0.15, -0.1) is 11.3 Å². The smallest absolute Gasteiger partial charge is 0.349 e. The second-order valence-corrected chi connectivity index (χ2v) is 5.20. The Morgan fingerprint density at radius 3 is 2.82 bits per heavy atom. The van der Waals surface area contributed by atoms with Crippen LogP contribution in [0.15, 0.2) is 22.8 Å². The van der Waals surface area contributed by atoms with Gasteiger partial charge in [0.1, 0.15) is 9.88 Å². The molecule has 0 aliphatic rings. The second-order valence-electron chi connectivity index (χ2n) is 3.29. The molecule has 88 valence electrons. The quantitative estimate of drug-likeness (QED) is 0.800. The molecule has 0 saturated heterocycles. The Hall–Kier alpha value is -1.27. The maximum absolute atomic E-state index is 11.5. The molecule has 0 atom stereocenters. The molecule has 2 aromatic heterocycles. The van der Waals surface area contributed by atoms with Crippen molar-refractivity contribution in [2.75, 3.05) is 7.11 Å². The van der Waals surface area contributed by atoms with E-state index >= 15 is 0 Å². The van der Waals surface area contributed by atoms with Crippen molar-refractivity contribution in [3.63, 3.8) is 0 Å². The van der Waals surface area contributed by atoms with Gasteiger partial charge in [-0.05, 0) is 35.0 Å². The van der Waals surface area contributed by atoms with Crippen molar-refractivity contribution in [1.82, 2.24) is 9.97 Å². The highest BCUT2D eigenvalue weighted by Gasteiger charge is 2.16. The summed E-state index contributed by atoms with van der Waals surface area (Å²) in [5, 5.41) is 0.718. The molecule has 2 aromatic rings. The molecule has 0 fully saturated rings. The molecule has 17 heavy (non-hydrogen) atoms. The van der Waals surface area contributed by atoms with E-state index in [1.165, 1.54) is 18.4 Å². The average Bonchev–Trinajstić information content (AvgIpc) is 2.71. The molecule has 0 bridgehead atoms. The Morgan fingerprint density at radius 1 is 1.47 bits per heavy atom. The van der Waals surface area contributed by atoms with Gasteiger partial charge in [-0.2, -0.15) is 0 Å². The Labute approximate surface area is 111 Å². The predicted molar refractivity (Wildman–Crippen MR) is 69.1 cm³/mol. The summed E-state index contributed by atoms with van der Waals surface area (Å²) >= 11 is 4.61. The molecule has 0 spiro atoms. The molecule has 0 aliphatic carbocycles. The molecule has 2 heterocycles. The summed E-state index contributed by atoms with van der Waals surface area (Å²) in [5.74, 6) is -0.358. The summed E-state index contributed by atoms with van der Waals surface area (Å²) in [6.45, 7) is 1.78. The van der Waals surface area contributed by atoms with E-state index in [1.807, 2.05) is 12.1 Å². The lowest BCUT2D eigenvalue weighted by molar-refractivity contribution is 0.0605. The highest BCUT2D eigenvalue weighted by Crippen LogP contribution is 2.27. The lowest BCUT2D eigenvalue weighted by Gasteiger charge is -1.94. The van der Waals surface area contributed by atoms with E-state index in [2.05, 4.69) is 30.6 Å². The van der Waals surface area contributed by atoms with Gasteiger partial charge in [0.2, 0.25) is 0 Å². The third-order valence-electron chi connectivity index (χ3n) is 2.11. The van der Waals surface area contributed by atoms with Gasteiger partial charge in [-0.3, -0.25) is 4.98 Å². The summed E-state index contributed by atoms with van der Waals surface area (Å²) in [6.07, 6.45) is 1.70. The Morgan fingerprint density at radius 2 is 2.24 bits per heavy atom. The number of aryl methyl sites for hydroxylation is 1. The van der Waals surface area contributed by atoms with Gasteiger partial charge in [0.05, 0.1) is 18.5 Å². The minimum absolute atomic E-state index is 0.358. The van der Waals surface area contributed by atoms with Crippen LogP contribution in [0.25, 0.3) is 10.7 Å². The number of hydrogen-bond acceptors (Lipinski definition) is 5. The zero-order valence-electron chi connectivity index (χ0n) is 9.23. The maximum Gasteiger partial charge on any atom is 0.349 e. The van der Waals surface area contributed by atoms with Gasteiger partial charge >= 0.3 is 5.97 Å². The van der Waals surface area contributed by atoms with Crippen LogP contribution in [0.1, 0.15) is 15.4 Å². The molecule has 0 N–H and O–H groups in total. The molecule has 4 nitrogen and oxygen atoms in total. The zero-order valence-corrected chi connectivity index (χ0v) is 11.6. The molecule has 0 aromatic carbocycles. The number of halogens is 1. The first-order valence-corrected chi connectivity index (χ1v) is 6.40. The van der Waals surface area contributed by atoms with Crippen LogP contribution in [0.4, 0.5) is 0 Å². The first kappa shape index (κ1) is 12.2. The van der Waals surface area contributed by atoms with Crippen LogP contribution >= 0.6 is 27.3 Å². The van der Waals surface area contributed by atoms with E-state index in [0.29, 0.717) is 10.6 Å². The molecule has 6 heteroatoms. The van der Waals surface area contributed by atoms with Crippen molar-refractivity contribution in [2.24, 2.45) is 0 Å². The van der Waals surface area contributed by atoms with Crippen molar-refractivity contribution in [3.05, 3.63) is 33.4 Å². The number of thiazole rings is 1. The van der Waals surface area contributed by atoms with Crippen LogP contribution in [-0.2, 0) is 4.74 Å². The van der Waals surface area contributed by atoms with Gasteiger partial charge in [0, 0.05) is 10.7 Å². The van der Waals surface area contributed by atoms with Crippen molar-refractivity contribution >= 4 is 33.2 Å². The fourth-order valence-electron chi connectivity index (χ4n) is 1.29. The molecular weight excluding hydrogens is 304 g/mol. The number of esters is 1. The Balaban J connectivity index is 2.41. The number of pyridine rings is 1. The average molecular weight is 313 g/mol. The number of hydrogen-bond donors (Lipinski definition) is 0. The van der Waals surface area contributed by atoms with E-state index in [0.717, 1.165) is 15.2 Å². The fraction of sp³-hybridized carbons (Fsp3) is 0.182. The minimum Gasteiger partial charge on any atom is -0.465 e. The lowest BCUT2D eigenvalue weighted by Crippen LogP contribution is -1.99. The fourth-order valence-corrected chi connectivity index (χ4v) is 2.49. The van der Waals surface area contributed by atoms with Gasteiger partial charge < -0.3 is 4.74 Å². The topological polar surface area (TPSA) is 52.1 Å².